The molecular formula is C2H6NO3P. The maximum atomic E-state index is 9.64. The molecule has 0 saturated heterocycles. The molecule has 0 aromatic heterocycles. The quantitative estimate of drug-likeness (QED) is 0.482. The fourth-order valence-electron chi connectivity index (χ4n) is 0.0861. The van der Waals surface area contributed by atoms with Crippen LogP contribution in [0.15, 0.2) is 0 Å². The summed E-state index contributed by atoms with van der Waals surface area (Å²) < 4.78 is 19.3. The van der Waals surface area contributed by atoms with Crippen LogP contribution in [0.1, 0.15) is 0 Å². The second-order valence-electron chi connectivity index (χ2n) is 1.00. The van der Waals surface area contributed by atoms with Crippen LogP contribution in [0.5, 0.6) is 0 Å². The summed E-state index contributed by atoms with van der Waals surface area (Å²) in [5.41, 5.74) is 4.74. The lowest BCUT2D eigenvalue weighted by atomic mass is 10.7. The molecule has 42 valence electrons. The van der Waals surface area contributed by atoms with Crippen molar-refractivity contribution in [3.63, 3.8) is 0 Å². The smallest absolute Gasteiger partial charge is 0.346 e. The average Bonchev–Trinajstić information content (AvgIpc) is 1.65. The number of hydrogen-bond donors (Lipinski definition) is 2. The van der Waals surface area contributed by atoms with E-state index in [0.29, 0.717) is 0 Å². The van der Waals surface area contributed by atoms with Gasteiger partial charge in [0, 0.05) is 6.54 Å². The summed E-state index contributed by atoms with van der Waals surface area (Å²) in [4.78, 5) is 0. The van der Waals surface area contributed by atoms with Crippen LogP contribution in [-0.4, -0.2) is 17.5 Å². The van der Waals surface area contributed by atoms with Gasteiger partial charge in [0.2, 0.25) is 0 Å². The third kappa shape index (κ3) is 2.51. The van der Waals surface area contributed by atoms with Gasteiger partial charge in [-0.1, -0.05) is 0 Å². The molecule has 0 aromatic rings. The highest BCUT2D eigenvalue weighted by Crippen LogP contribution is 2.07. The van der Waals surface area contributed by atoms with E-state index in [9.17, 15) is 9.13 Å². The predicted molar refractivity (Wildman–Crippen MR) is 23.4 cm³/mol. The van der Waals surface area contributed by atoms with Crippen molar-refractivity contribution < 1.29 is 14.2 Å². The van der Waals surface area contributed by atoms with Gasteiger partial charge in [-0.05, 0) is 0 Å². The van der Waals surface area contributed by atoms with Crippen molar-refractivity contribution in [1.29, 1.82) is 0 Å². The van der Waals surface area contributed by atoms with Gasteiger partial charge in [0.15, 0.2) is 5.85 Å². The van der Waals surface area contributed by atoms with Crippen molar-refractivity contribution in [2.24, 2.45) is 5.73 Å². The van der Waals surface area contributed by atoms with Gasteiger partial charge in [0.25, 0.3) is 0 Å². The Morgan fingerprint density at radius 1 is 1.71 bits per heavy atom. The van der Waals surface area contributed by atoms with E-state index in [2.05, 4.69) is 0 Å². The van der Waals surface area contributed by atoms with Gasteiger partial charge in [-0.3, -0.25) is 0 Å². The highest BCUT2D eigenvalue weighted by molar-refractivity contribution is 7.31. The van der Waals surface area contributed by atoms with Gasteiger partial charge in [-0.25, -0.2) is 9.13 Å². The Labute approximate surface area is 41.1 Å². The lowest BCUT2D eigenvalue weighted by Gasteiger charge is -1.88. The summed E-state index contributed by atoms with van der Waals surface area (Å²) in [6, 6.07) is 0. The second-order valence-corrected chi connectivity index (χ2v) is 2.17. The molecule has 0 aliphatic carbocycles. The molecule has 0 bridgehead atoms. The van der Waals surface area contributed by atoms with Gasteiger partial charge >= 0.3 is 7.68 Å². The SMILES string of the molecule is NCC(O)P(=O)=O. The fourth-order valence-corrected chi connectivity index (χ4v) is 0.258. The van der Waals surface area contributed by atoms with Gasteiger partial charge in [0.05, 0.1) is 0 Å². The van der Waals surface area contributed by atoms with Crippen molar-refractivity contribution in [1.82, 2.24) is 0 Å². The normalized spacial score (nSPS) is 13.4. The van der Waals surface area contributed by atoms with E-state index < -0.39 is 13.5 Å². The first-order chi connectivity index (χ1) is 3.18. The third-order valence-corrected chi connectivity index (χ3v) is 1.15. The van der Waals surface area contributed by atoms with Crippen molar-refractivity contribution in [3.05, 3.63) is 0 Å². The molecule has 0 rings (SSSR count). The van der Waals surface area contributed by atoms with Crippen molar-refractivity contribution >= 4 is 7.68 Å². The second kappa shape index (κ2) is 2.91. The Morgan fingerprint density at radius 2 is 2.14 bits per heavy atom. The zero-order chi connectivity index (χ0) is 5.86. The molecule has 1 unspecified atom stereocenters. The van der Waals surface area contributed by atoms with Gasteiger partial charge in [-0.15, -0.1) is 0 Å². The number of nitrogens with two attached hydrogens (primary N) is 1. The Bertz CT molecular complexity index is 102. The zero-order valence-electron chi connectivity index (χ0n) is 3.57. The van der Waals surface area contributed by atoms with E-state index in [1.54, 1.807) is 0 Å². The molecule has 0 aliphatic heterocycles. The average molecular weight is 123 g/mol. The molecule has 3 N–H and O–H groups in total. The predicted octanol–water partition coefficient (Wildman–Crippen LogP) is -0.564. The molecule has 4 nitrogen and oxygen atoms in total. The molecule has 0 aliphatic rings. The van der Waals surface area contributed by atoms with E-state index in [0.717, 1.165) is 0 Å². The van der Waals surface area contributed by atoms with E-state index in [1.165, 1.54) is 0 Å². The molecule has 5 heteroatoms. The summed E-state index contributed by atoms with van der Waals surface area (Å²) in [7, 11) is -2.73. The maximum absolute atomic E-state index is 9.64. The molecule has 7 heavy (non-hydrogen) atoms. The number of hydrogen-bond acceptors (Lipinski definition) is 4. The van der Waals surface area contributed by atoms with Crippen LogP contribution in [-0.2, 0) is 9.13 Å². The molecule has 0 amide bonds. The minimum atomic E-state index is -2.73. The minimum Gasteiger partial charge on any atom is -0.377 e. The molecule has 0 heterocycles. The summed E-state index contributed by atoms with van der Waals surface area (Å²) in [6.45, 7) is -0.224. The standard InChI is InChI=1S/C2H6NO3P/c3-1-2(4)7(5)6/h2,4H,1,3H2. The van der Waals surface area contributed by atoms with Crippen LogP contribution in [0.2, 0.25) is 0 Å². The van der Waals surface area contributed by atoms with Gasteiger partial charge in [0.1, 0.15) is 0 Å². The minimum absolute atomic E-state index is 0.224. The Hall–Kier alpha value is -0.180. The van der Waals surface area contributed by atoms with Crippen LogP contribution in [0.3, 0.4) is 0 Å². The van der Waals surface area contributed by atoms with Crippen molar-refractivity contribution in [2.75, 3.05) is 6.54 Å². The molecule has 0 spiro atoms. The largest absolute Gasteiger partial charge is 0.377 e. The van der Waals surface area contributed by atoms with E-state index in [4.69, 9.17) is 10.8 Å². The van der Waals surface area contributed by atoms with E-state index >= 15 is 0 Å². The first kappa shape index (κ1) is 6.82. The number of aliphatic hydroxyl groups is 1. The summed E-state index contributed by atoms with van der Waals surface area (Å²) in [5, 5.41) is 8.21. The highest BCUT2D eigenvalue weighted by atomic mass is 31.1. The monoisotopic (exact) mass is 123 g/mol. The van der Waals surface area contributed by atoms with Crippen LogP contribution in [0.25, 0.3) is 0 Å². The fraction of sp³-hybridized carbons (Fsp3) is 1.00. The van der Waals surface area contributed by atoms with E-state index in [1.807, 2.05) is 0 Å². The molecule has 0 aromatic carbocycles. The highest BCUT2D eigenvalue weighted by Gasteiger charge is 2.03. The lowest BCUT2D eigenvalue weighted by molar-refractivity contribution is 0.253. The first-order valence-corrected chi connectivity index (χ1v) is 2.94. The Morgan fingerprint density at radius 3 is 2.14 bits per heavy atom. The molecule has 0 radical (unpaired) electrons. The molecule has 0 saturated carbocycles. The summed E-state index contributed by atoms with van der Waals surface area (Å²) in [5.74, 6) is -1.37. The van der Waals surface area contributed by atoms with Crippen molar-refractivity contribution in [2.45, 2.75) is 5.85 Å². The van der Waals surface area contributed by atoms with Crippen LogP contribution in [0.4, 0.5) is 0 Å². The molecule has 1 atom stereocenters. The van der Waals surface area contributed by atoms with Gasteiger partial charge < -0.3 is 10.8 Å². The maximum Gasteiger partial charge on any atom is 0.346 e. The van der Waals surface area contributed by atoms with E-state index in [-0.39, 0.29) is 6.54 Å². The topological polar surface area (TPSA) is 80.4 Å². The Kier molecular flexibility index (Phi) is 2.83. The molecule has 0 fully saturated rings. The Balaban J connectivity index is 3.57. The number of rotatable bonds is 2. The van der Waals surface area contributed by atoms with Crippen LogP contribution < -0.4 is 5.73 Å². The summed E-state index contributed by atoms with van der Waals surface area (Å²) in [6.07, 6.45) is 0. The summed E-state index contributed by atoms with van der Waals surface area (Å²) >= 11 is 0. The zero-order valence-corrected chi connectivity index (χ0v) is 4.47. The third-order valence-electron chi connectivity index (χ3n) is 0.454. The van der Waals surface area contributed by atoms with Crippen LogP contribution >= 0.6 is 7.68 Å². The lowest BCUT2D eigenvalue weighted by Crippen LogP contribution is -2.13. The molecular weight excluding hydrogens is 117 g/mol. The van der Waals surface area contributed by atoms with Crippen LogP contribution in [0, 0.1) is 0 Å². The van der Waals surface area contributed by atoms with Crippen molar-refractivity contribution in [3.8, 4) is 0 Å². The number of aliphatic hydroxyl groups excluding tert-OH is 1. The van der Waals surface area contributed by atoms with Gasteiger partial charge in [-0.2, -0.15) is 0 Å². The first-order valence-electron chi connectivity index (χ1n) is 1.70.